The van der Waals surface area contributed by atoms with Crippen molar-refractivity contribution >= 4 is 55.7 Å². The Hall–Kier alpha value is -6.12. The van der Waals surface area contributed by atoms with Crippen LogP contribution in [0, 0.1) is 0 Å². The molecule has 2 nitrogen and oxygen atoms in total. The minimum atomic E-state index is 0.127. The maximum Gasteiger partial charge on any atom is 0.0540 e. The van der Waals surface area contributed by atoms with Crippen LogP contribution in [0.15, 0.2) is 182 Å². The normalized spacial score (nSPS) is 11.9. The molecular formula is C54H52N2. The molecule has 8 rings (SSSR count). The molecule has 0 unspecified atom stereocenters. The van der Waals surface area contributed by atoms with Gasteiger partial charge in [0.1, 0.15) is 0 Å². The summed E-state index contributed by atoms with van der Waals surface area (Å²) < 4.78 is 0. The molecular weight excluding hydrogens is 677 g/mol. The van der Waals surface area contributed by atoms with Gasteiger partial charge < -0.3 is 9.80 Å². The zero-order chi connectivity index (χ0) is 38.9. The summed E-state index contributed by atoms with van der Waals surface area (Å²) in [6, 6.07) is 66.9. The van der Waals surface area contributed by atoms with Crippen LogP contribution in [0.1, 0.15) is 65.5 Å². The second-order valence-electron chi connectivity index (χ2n) is 16.3. The third-order valence-electron chi connectivity index (χ3n) is 12.2. The zero-order valence-corrected chi connectivity index (χ0v) is 33.6. The van der Waals surface area contributed by atoms with E-state index in [1.165, 1.54) is 55.2 Å². The first-order valence-corrected chi connectivity index (χ1v) is 20.1. The summed E-state index contributed by atoms with van der Waals surface area (Å²) in [7, 11) is 0. The van der Waals surface area contributed by atoms with Crippen LogP contribution in [0.2, 0.25) is 0 Å². The van der Waals surface area contributed by atoms with Gasteiger partial charge >= 0.3 is 0 Å². The van der Waals surface area contributed by atoms with Crippen LogP contribution in [0.3, 0.4) is 0 Å². The fourth-order valence-electron chi connectivity index (χ4n) is 7.80. The maximum atomic E-state index is 2.40. The minimum Gasteiger partial charge on any atom is -0.310 e. The minimum absolute atomic E-state index is 0.127. The van der Waals surface area contributed by atoms with Gasteiger partial charge in [-0.1, -0.05) is 163 Å². The maximum absolute atomic E-state index is 2.40. The van der Waals surface area contributed by atoms with E-state index in [-0.39, 0.29) is 10.8 Å². The summed E-state index contributed by atoms with van der Waals surface area (Å²) in [5, 5.41) is 4.92. The standard InChI is InChI=1S/C54H52N2/c1-7-53(3,4)43-27-35-47(36-28-43)55(51-21-13-17-41-15-9-11-19-49(41)51)45-31-23-39(24-32-45)40-25-33-46(34-26-40)56(48-37-29-44(30-38-48)54(5,6)8-2)52-22-14-18-42-16-10-12-20-50(42)52/h9-38H,7-8H2,1-6H3. The molecule has 0 atom stereocenters. The fraction of sp³-hybridized carbons (Fsp3) is 0.185. The molecule has 8 aromatic carbocycles. The second-order valence-corrected chi connectivity index (χ2v) is 16.3. The molecule has 0 radical (unpaired) electrons. The number of fused-ring (bicyclic) bond motifs is 2. The molecule has 278 valence electrons. The first-order chi connectivity index (χ1) is 27.2. The van der Waals surface area contributed by atoms with Crippen molar-refractivity contribution in [3.05, 3.63) is 193 Å². The lowest BCUT2D eigenvalue weighted by Crippen LogP contribution is -2.16. The van der Waals surface area contributed by atoms with Gasteiger partial charge in [0, 0.05) is 33.5 Å². The van der Waals surface area contributed by atoms with E-state index >= 15 is 0 Å². The van der Waals surface area contributed by atoms with Crippen LogP contribution < -0.4 is 9.80 Å². The Morgan fingerprint density at radius 2 is 0.643 bits per heavy atom. The van der Waals surface area contributed by atoms with Gasteiger partial charge in [-0.15, -0.1) is 0 Å². The van der Waals surface area contributed by atoms with E-state index in [9.17, 15) is 0 Å². The van der Waals surface area contributed by atoms with Crippen LogP contribution in [-0.2, 0) is 10.8 Å². The van der Waals surface area contributed by atoms with E-state index in [1.807, 2.05) is 0 Å². The van der Waals surface area contributed by atoms with Gasteiger partial charge in [-0.05, 0) is 117 Å². The Morgan fingerprint density at radius 3 is 0.982 bits per heavy atom. The number of hydrogen-bond acceptors (Lipinski definition) is 2. The summed E-state index contributed by atoms with van der Waals surface area (Å²) in [6.45, 7) is 13.8. The molecule has 0 aliphatic rings. The summed E-state index contributed by atoms with van der Waals surface area (Å²) in [4.78, 5) is 4.79. The lowest BCUT2D eigenvalue weighted by atomic mass is 9.82. The first kappa shape index (κ1) is 36.8. The molecule has 0 N–H and O–H groups in total. The summed E-state index contributed by atoms with van der Waals surface area (Å²) in [6.07, 6.45) is 2.18. The quantitative estimate of drug-likeness (QED) is 0.131. The third kappa shape index (κ3) is 7.08. The van der Waals surface area contributed by atoms with Crippen LogP contribution in [0.5, 0.6) is 0 Å². The molecule has 0 aliphatic heterocycles. The van der Waals surface area contributed by atoms with Crippen molar-refractivity contribution in [2.75, 3.05) is 9.80 Å². The second kappa shape index (κ2) is 15.2. The lowest BCUT2D eigenvalue weighted by molar-refractivity contribution is 0.506. The lowest BCUT2D eigenvalue weighted by Gasteiger charge is -2.29. The van der Waals surface area contributed by atoms with Gasteiger partial charge in [-0.3, -0.25) is 0 Å². The third-order valence-corrected chi connectivity index (χ3v) is 12.2. The van der Waals surface area contributed by atoms with E-state index in [4.69, 9.17) is 0 Å². The largest absolute Gasteiger partial charge is 0.310 e. The summed E-state index contributed by atoms with van der Waals surface area (Å²) in [5.41, 5.74) is 12.2. The Labute approximate surface area is 333 Å². The van der Waals surface area contributed by atoms with E-state index < -0.39 is 0 Å². The van der Waals surface area contributed by atoms with Crippen molar-refractivity contribution in [2.24, 2.45) is 0 Å². The average molecular weight is 729 g/mol. The molecule has 2 heteroatoms. The first-order valence-electron chi connectivity index (χ1n) is 20.1. The smallest absolute Gasteiger partial charge is 0.0540 e. The van der Waals surface area contributed by atoms with E-state index in [0.717, 1.165) is 35.6 Å². The Bertz CT molecular complexity index is 2380. The monoisotopic (exact) mass is 728 g/mol. The SMILES string of the molecule is CCC(C)(C)c1ccc(N(c2ccc(-c3ccc(N(c4ccc(C(C)(C)CC)cc4)c4cccc5ccccc45)cc3)cc2)c2cccc3ccccc23)cc1. The van der Waals surface area contributed by atoms with Gasteiger partial charge in [-0.25, -0.2) is 0 Å². The molecule has 0 bridgehead atoms. The van der Waals surface area contributed by atoms with Crippen molar-refractivity contribution in [1.82, 2.24) is 0 Å². The molecule has 0 saturated heterocycles. The van der Waals surface area contributed by atoms with Crippen molar-refractivity contribution < 1.29 is 0 Å². The van der Waals surface area contributed by atoms with Gasteiger partial charge in [0.2, 0.25) is 0 Å². The number of anilines is 6. The number of hydrogen-bond donors (Lipinski definition) is 0. The van der Waals surface area contributed by atoms with Crippen LogP contribution >= 0.6 is 0 Å². The molecule has 0 fully saturated rings. The molecule has 0 saturated carbocycles. The van der Waals surface area contributed by atoms with Crippen LogP contribution in [0.25, 0.3) is 32.7 Å². The van der Waals surface area contributed by atoms with Crippen molar-refractivity contribution in [3.8, 4) is 11.1 Å². The number of benzene rings is 8. The van der Waals surface area contributed by atoms with Crippen molar-refractivity contribution in [1.29, 1.82) is 0 Å². The van der Waals surface area contributed by atoms with E-state index in [2.05, 4.69) is 233 Å². The molecule has 0 spiro atoms. The van der Waals surface area contributed by atoms with Crippen LogP contribution in [0.4, 0.5) is 34.1 Å². The number of nitrogens with zero attached hydrogens (tertiary/aromatic N) is 2. The van der Waals surface area contributed by atoms with Crippen molar-refractivity contribution in [3.63, 3.8) is 0 Å². The van der Waals surface area contributed by atoms with E-state index in [1.54, 1.807) is 0 Å². The van der Waals surface area contributed by atoms with Gasteiger partial charge in [0.15, 0.2) is 0 Å². The highest BCUT2D eigenvalue weighted by molar-refractivity contribution is 6.00. The summed E-state index contributed by atoms with van der Waals surface area (Å²) >= 11 is 0. The summed E-state index contributed by atoms with van der Waals surface area (Å²) in [5.74, 6) is 0. The van der Waals surface area contributed by atoms with Crippen LogP contribution in [-0.4, -0.2) is 0 Å². The van der Waals surface area contributed by atoms with E-state index in [0.29, 0.717) is 0 Å². The molecule has 0 heterocycles. The fourth-order valence-corrected chi connectivity index (χ4v) is 7.80. The Kier molecular flexibility index (Phi) is 9.99. The zero-order valence-electron chi connectivity index (χ0n) is 33.6. The topological polar surface area (TPSA) is 6.48 Å². The molecule has 0 aromatic heterocycles. The highest BCUT2D eigenvalue weighted by Crippen LogP contribution is 2.43. The Morgan fingerprint density at radius 1 is 0.339 bits per heavy atom. The van der Waals surface area contributed by atoms with Crippen molar-refractivity contribution in [2.45, 2.75) is 65.2 Å². The molecule has 56 heavy (non-hydrogen) atoms. The predicted molar refractivity (Wildman–Crippen MR) is 243 cm³/mol. The molecule has 8 aromatic rings. The van der Waals surface area contributed by atoms with Gasteiger partial charge in [0.25, 0.3) is 0 Å². The highest BCUT2D eigenvalue weighted by Gasteiger charge is 2.22. The van der Waals surface area contributed by atoms with Gasteiger partial charge in [-0.2, -0.15) is 0 Å². The van der Waals surface area contributed by atoms with Gasteiger partial charge in [0.05, 0.1) is 11.4 Å². The number of rotatable bonds is 11. The molecule has 0 aliphatic carbocycles. The average Bonchev–Trinajstić information content (AvgIpc) is 3.25. The predicted octanol–water partition coefficient (Wildman–Crippen LogP) is 16.0. The Balaban J connectivity index is 1.16. The molecule has 0 amide bonds. The highest BCUT2D eigenvalue weighted by atomic mass is 15.1.